The summed E-state index contributed by atoms with van der Waals surface area (Å²) in [5.74, 6) is 0. The van der Waals surface area contributed by atoms with Crippen LogP contribution in [-0.4, -0.2) is 0 Å². The van der Waals surface area contributed by atoms with E-state index in [0.717, 1.165) is 22.3 Å². The topological polar surface area (TPSA) is 34.1 Å². The lowest BCUT2D eigenvalue weighted by atomic mass is 9.87. The first-order valence-electron chi connectivity index (χ1n) is 6.56. The van der Waals surface area contributed by atoms with Crippen molar-refractivity contribution in [3.8, 4) is 22.3 Å². The normalized spacial score (nSPS) is 10.9. The van der Waals surface area contributed by atoms with Gasteiger partial charge in [0.2, 0.25) is 10.9 Å². The lowest BCUT2D eigenvalue weighted by Crippen LogP contribution is -2.35. The molecule has 0 aliphatic rings. The maximum absolute atomic E-state index is 12.0. The van der Waals surface area contributed by atoms with E-state index in [2.05, 4.69) is 0 Å². The van der Waals surface area contributed by atoms with Crippen molar-refractivity contribution in [2.24, 2.45) is 0 Å². The fourth-order valence-corrected chi connectivity index (χ4v) is 2.62. The van der Waals surface area contributed by atoms with Gasteiger partial charge in [0.1, 0.15) is 0 Å². The molecule has 0 aliphatic carbocycles. The number of benzene rings is 2. The van der Waals surface area contributed by atoms with E-state index in [9.17, 15) is 9.59 Å². The van der Waals surface area contributed by atoms with Crippen LogP contribution in [0.5, 0.6) is 0 Å². The maximum Gasteiger partial charge on any atom is 0.234 e. The van der Waals surface area contributed by atoms with Crippen molar-refractivity contribution in [2.45, 2.75) is 13.8 Å². The first-order chi connectivity index (χ1) is 9.59. The first kappa shape index (κ1) is 12.5. The summed E-state index contributed by atoms with van der Waals surface area (Å²) in [7, 11) is 0. The van der Waals surface area contributed by atoms with Crippen LogP contribution in [0.4, 0.5) is 0 Å². The number of rotatable bonds is 2. The third-order valence-electron chi connectivity index (χ3n) is 3.62. The molecule has 2 nitrogen and oxygen atoms in total. The van der Waals surface area contributed by atoms with Crippen molar-refractivity contribution < 1.29 is 0 Å². The van der Waals surface area contributed by atoms with E-state index >= 15 is 0 Å². The zero-order chi connectivity index (χ0) is 14.3. The van der Waals surface area contributed by atoms with Crippen molar-refractivity contribution in [3.63, 3.8) is 0 Å². The monoisotopic (exact) mass is 262 g/mol. The van der Waals surface area contributed by atoms with E-state index in [1.54, 1.807) is 0 Å². The quantitative estimate of drug-likeness (QED) is 0.664. The van der Waals surface area contributed by atoms with Gasteiger partial charge in [0, 0.05) is 11.1 Å². The Morgan fingerprint density at radius 2 is 1.40 bits per heavy atom. The van der Waals surface area contributed by atoms with E-state index < -0.39 is 0 Å². The summed E-state index contributed by atoms with van der Waals surface area (Å²) in [4.78, 5) is 23.9. The molecule has 0 N–H and O–H groups in total. The minimum absolute atomic E-state index is 0.379. The Morgan fingerprint density at radius 1 is 0.750 bits per heavy atom. The Kier molecular flexibility index (Phi) is 2.87. The zero-order valence-corrected chi connectivity index (χ0v) is 11.4. The van der Waals surface area contributed by atoms with Crippen molar-refractivity contribution in [2.75, 3.05) is 0 Å². The molecule has 3 rings (SSSR count). The van der Waals surface area contributed by atoms with Crippen molar-refractivity contribution in [1.29, 1.82) is 0 Å². The molecule has 3 aromatic carbocycles. The molecule has 0 atom stereocenters. The molecule has 0 saturated heterocycles. The average molecular weight is 262 g/mol. The van der Waals surface area contributed by atoms with Crippen molar-refractivity contribution >= 4 is 0 Å². The van der Waals surface area contributed by atoms with Crippen molar-refractivity contribution in [3.05, 3.63) is 80.1 Å². The van der Waals surface area contributed by atoms with Crippen LogP contribution in [0.25, 0.3) is 22.3 Å². The van der Waals surface area contributed by atoms with Crippen LogP contribution < -0.4 is 10.9 Å². The van der Waals surface area contributed by atoms with Crippen LogP contribution >= 0.6 is 0 Å². The second-order valence-electron chi connectivity index (χ2n) is 5.09. The smallest absolute Gasteiger partial charge is 0.234 e. The highest BCUT2D eigenvalue weighted by molar-refractivity contribution is 5.88. The van der Waals surface area contributed by atoms with E-state index in [1.165, 1.54) is 0 Å². The van der Waals surface area contributed by atoms with Crippen LogP contribution in [0.2, 0.25) is 0 Å². The summed E-state index contributed by atoms with van der Waals surface area (Å²) < 4.78 is 0. The standard InChI is InChI=1S/C18H14O2/c1-11-8-9-14(12(2)10-11)16-15(17(19)18(16)20)13-6-4-3-5-7-13/h3-10H,1-2H3. The molecular formula is C18H14O2. The molecule has 0 aliphatic heterocycles. The predicted molar refractivity (Wildman–Crippen MR) is 81.7 cm³/mol. The SMILES string of the molecule is Cc1ccc(-c2c(-c3ccccc3)c(=O)c2=O)c(C)c1. The summed E-state index contributed by atoms with van der Waals surface area (Å²) >= 11 is 0. The molecule has 0 radical (unpaired) electrons. The lowest BCUT2D eigenvalue weighted by molar-refractivity contribution is 1.34. The summed E-state index contributed by atoms with van der Waals surface area (Å²) in [5, 5.41) is 0. The van der Waals surface area contributed by atoms with E-state index in [0.29, 0.717) is 11.1 Å². The first-order valence-corrected chi connectivity index (χ1v) is 6.56. The second kappa shape index (κ2) is 4.57. The highest BCUT2D eigenvalue weighted by Crippen LogP contribution is 2.30. The van der Waals surface area contributed by atoms with Gasteiger partial charge < -0.3 is 0 Å². The van der Waals surface area contributed by atoms with Gasteiger partial charge in [-0.3, -0.25) is 9.59 Å². The molecule has 0 unspecified atom stereocenters. The van der Waals surface area contributed by atoms with Crippen LogP contribution in [0.15, 0.2) is 58.1 Å². The molecule has 0 saturated carbocycles. The molecule has 20 heavy (non-hydrogen) atoms. The second-order valence-corrected chi connectivity index (χ2v) is 5.09. The maximum atomic E-state index is 12.0. The molecule has 98 valence electrons. The molecule has 0 spiro atoms. The minimum Gasteiger partial charge on any atom is -0.285 e. The summed E-state index contributed by atoms with van der Waals surface area (Å²) in [6, 6.07) is 15.3. The Hall–Kier alpha value is -2.48. The van der Waals surface area contributed by atoms with Gasteiger partial charge in [0.05, 0.1) is 0 Å². The van der Waals surface area contributed by atoms with Crippen LogP contribution in [-0.2, 0) is 0 Å². The summed E-state index contributed by atoms with van der Waals surface area (Å²) in [6.07, 6.45) is 0. The third-order valence-corrected chi connectivity index (χ3v) is 3.62. The largest absolute Gasteiger partial charge is 0.285 e. The van der Waals surface area contributed by atoms with Gasteiger partial charge in [-0.05, 0) is 30.5 Å². The van der Waals surface area contributed by atoms with Gasteiger partial charge in [-0.25, -0.2) is 0 Å². The predicted octanol–water partition coefficient (Wildman–Crippen LogP) is 3.23. The van der Waals surface area contributed by atoms with Crippen LogP contribution in [0, 0.1) is 13.8 Å². The van der Waals surface area contributed by atoms with Crippen molar-refractivity contribution in [1.82, 2.24) is 0 Å². The Labute approximate surface area is 117 Å². The molecular weight excluding hydrogens is 248 g/mol. The molecule has 0 amide bonds. The van der Waals surface area contributed by atoms with E-state index in [1.807, 2.05) is 62.4 Å². The minimum atomic E-state index is -0.383. The molecule has 0 bridgehead atoms. The van der Waals surface area contributed by atoms with Gasteiger partial charge in [-0.2, -0.15) is 0 Å². The van der Waals surface area contributed by atoms with Crippen LogP contribution in [0.1, 0.15) is 11.1 Å². The van der Waals surface area contributed by atoms with Gasteiger partial charge in [-0.1, -0.05) is 54.1 Å². The van der Waals surface area contributed by atoms with E-state index in [4.69, 9.17) is 0 Å². The van der Waals surface area contributed by atoms with Gasteiger partial charge in [0.15, 0.2) is 0 Å². The fourth-order valence-electron chi connectivity index (χ4n) is 2.62. The average Bonchev–Trinajstić information content (AvgIpc) is 2.46. The Bertz CT molecular complexity index is 851. The molecule has 0 aromatic heterocycles. The third kappa shape index (κ3) is 1.81. The van der Waals surface area contributed by atoms with Gasteiger partial charge >= 0.3 is 0 Å². The number of hydrogen-bond donors (Lipinski definition) is 0. The van der Waals surface area contributed by atoms with Gasteiger partial charge in [0.25, 0.3) is 0 Å². The fraction of sp³-hybridized carbons (Fsp3) is 0.111. The highest BCUT2D eigenvalue weighted by Gasteiger charge is 2.24. The molecule has 2 heteroatoms. The molecule has 3 aromatic rings. The molecule has 0 fully saturated rings. The zero-order valence-electron chi connectivity index (χ0n) is 11.4. The lowest BCUT2D eigenvalue weighted by Gasteiger charge is -2.14. The van der Waals surface area contributed by atoms with E-state index in [-0.39, 0.29) is 10.9 Å². The van der Waals surface area contributed by atoms with Crippen LogP contribution in [0.3, 0.4) is 0 Å². The Balaban J connectivity index is 2.24. The number of hydrogen-bond acceptors (Lipinski definition) is 2. The summed E-state index contributed by atoms with van der Waals surface area (Å²) in [6.45, 7) is 3.98. The van der Waals surface area contributed by atoms with Gasteiger partial charge in [-0.15, -0.1) is 0 Å². The Morgan fingerprint density at radius 3 is 2.05 bits per heavy atom. The highest BCUT2D eigenvalue weighted by atomic mass is 16.2. The molecule has 0 heterocycles. The number of aryl methyl sites for hydroxylation is 2. The summed E-state index contributed by atoms with van der Waals surface area (Å²) in [5.41, 5.74) is 4.18.